The van der Waals surface area contributed by atoms with E-state index >= 15 is 0 Å². The second kappa shape index (κ2) is 3.55. The molecule has 78 valence electrons. The summed E-state index contributed by atoms with van der Waals surface area (Å²) in [5, 5.41) is 11.8. The lowest BCUT2D eigenvalue weighted by Gasteiger charge is -2.21. The van der Waals surface area contributed by atoms with E-state index in [1.54, 1.807) is 18.2 Å². The van der Waals surface area contributed by atoms with Gasteiger partial charge in [0.25, 0.3) is 0 Å². The van der Waals surface area contributed by atoms with Gasteiger partial charge in [0, 0.05) is 10.7 Å². The molecule has 2 rings (SSSR count). The molecule has 1 aromatic rings. The van der Waals surface area contributed by atoms with Crippen molar-refractivity contribution in [3.63, 3.8) is 0 Å². The number of carbonyl (C=O) groups excluding carboxylic acids is 1. The molecule has 0 saturated carbocycles. The number of amides is 1. The number of aliphatic carboxylic acids is 1. The number of carboxylic acid groups (broad SMARTS) is 1. The molecule has 0 aliphatic carbocycles. The molecular formula is C10H8ClNO3. The maximum atomic E-state index is 11.4. The molecule has 0 radical (unpaired) electrons. The number of carbonyl (C=O) groups is 2. The van der Waals surface area contributed by atoms with Gasteiger partial charge in [0.15, 0.2) is 0 Å². The minimum atomic E-state index is -1.10. The van der Waals surface area contributed by atoms with Crippen molar-refractivity contribution in [2.75, 3.05) is 5.32 Å². The highest BCUT2D eigenvalue weighted by Crippen LogP contribution is 2.28. The van der Waals surface area contributed by atoms with Crippen molar-refractivity contribution in [3.05, 3.63) is 28.8 Å². The van der Waals surface area contributed by atoms with Crippen LogP contribution < -0.4 is 5.32 Å². The van der Waals surface area contributed by atoms with Crippen LogP contribution in [0.2, 0.25) is 5.02 Å². The summed E-state index contributed by atoms with van der Waals surface area (Å²) < 4.78 is 0. The largest absolute Gasteiger partial charge is 0.481 e. The predicted octanol–water partition coefficient (Wildman–Crippen LogP) is 1.54. The van der Waals surface area contributed by atoms with Gasteiger partial charge in [0.05, 0.1) is 0 Å². The van der Waals surface area contributed by atoms with Crippen LogP contribution in [0.4, 0.5) is 5.69 Å². The van der Waals surface area contributed by atoms with Crippen molar-refractivity contribution in [1.82, 2.24) is 0 Å². The van der Waals surface area contributed by atoms with Crippen LogP contribution in [0.1, 0.15) is 5.56 Å². The van der Waals surface area contributed by atoms with Crippen LogP contribution in [-0.4, -0.2) is 17.0 Å². The number of nitrogens with one attached hydrogen (secondary N) is 1. The molecule has 1 aliphatic heterocycles. The number of halogens is 1. The van der Waals surface area contributed by atoms with Gasteiger partial charge in [-0.2, -0.15) is 0 Å². The summed E-state index contributed by atoms with van der Waals surface area (Å²) in [6.07, 6.45) is 0.216. The first-order valence-electron chi connectivity index (χ1n) is 4.40. The minimum absolute atomic E-state index is 0.216. The Morgan fingerprint density at radius 3 is 2.93 bits per heavy atom. The number of rotatable bonds is 1. The van der Waals surface area contributed by atoms with E-state index in [2.05, 4.69) is 5.32 Å². The minimum Gasteiger partial charge on any atom is -0.481 e. The summed E-state index contributed by atoms with van der Waals surface area (Å²) in [4.78, 5) is 22.1. The topological polar surface area (TPSA) is 66.4 Å². The van der Waals surface area contributed by atoms with Crippen LogP contribution in [-0.2, 0) is 16.0 Å². The van der Waals surface area contributed by atoms with Gasteiger partial charge in [-0.15, -0.1) is 0 Å². The normalized spacial score (nSPS) is 19.3. The van der Waals surface area contributed by atoms with Gasteiger partial charge in [0.1, 0.15) is 5.92 Å². The molecule has 0 fully saturated rings. The average Bonchev–Trinajstić information content (AvgIpc) is 2.15. The zero-order chi connectivity index (χ0) is 11.0. The Balaban J connectivity index is 2.38. The molecule has 2 N–H and O–H groups in total. The molecule has 1 unspecified atom stereocenters. The van der Waals surface area contributed by atoms with Crippen molar-refractivity contribution in [2.24, 2.45) is 5.92 Å². The first-order chi connectivity index (χ1) is 7.08. The standard InChI is InChI=1S/C10H8ClNO3/c11-6-2-1-5-3-7(10(14)15)9(13)12-8(5)4-6/h1-2,4,7H,3H2,(H,12,13)(H,14,15). The van der Waals surface area contributed by atoms with Gasteiger partial charge in [-0.05, 0) is 24.1 Å². The first kappa shape index (κ1) is 9.98. The lowest BCUT2D eigenvalue weighted by atomic mass is 9.93. The fourth-order valence-corrected chi connectivity index (χ4v) is 1.75. The molecule has 0 bridgehead atoms. The molecule has 1 amide bonds. The van der Waals surface area contributed by atoms with Crippen LogP contribution in [0.3, 0.4) is 0 Å². The Hall–Kier alpha value is -1.55. The summed E-state index contributed by atoms with van der Waals surface area (Å²) in [7, 11) is 0. The van der Waals surface area contributed by atoms with E-state index < -0.39 is 17.8 Å². The summed E-state index contributed by atoms with van der Waals surface area (Å²) in [6, 6.07) is 5.02. The van der Waals surface area contributed by atoms with Crippen LogP contribution >= 0.6 is 11.6 Å². The van der Waals surface area contributed by atoms with Gasteiger partial charge in [-0.25, -0.2) is 0 Å². The monoisotopic (exact) mass is 225 g/mol. The summed E-state index contributed by atoms with van der Waals surface area (Å²) >= 11 is 5.76. The SMILES string of the molecule is O=C(O)C1Cc2ccc(Cl)cc2NC1=O. The summed E-state index contributed by atoms with van der Waals surface area (Å²) in [6.45, 7) is 0. The molecule has 4 nitrogen and oxygen atoms in total. The van der Waals surface area contributed by atoms with E-state index in [0.717, 1.165) is 5.56 Å². The summed E-state index contributed by atoms with van der Waals surface area (Å²) in [5.74, 6) is -2.59. The van der Waals surface area contributed by atoms with Crippen molar-refractivity contribution < 1.29 is 14.7 Å². The molecular weight excluding hydrogens is 218 g/mol. The molecule has 5 heteroatoms. The predicted molar refractivity (Wildman–Crippen MR) is 54.9 cm³/mol. The van der Waals surface area contributed by atoms with E-state index in [9.17, 15) is 9.59 Å². The van der Waals surface area contributed by atoms with Crippen molar-refractivity contribution >= 4 is 29.2 Å². The highest BCUT2D eigenvalue weighted by atomic mass is 35.5. The zero-order valence-electron chi connectivity index (χ0n) is 7.66. The number of hydrogen-bond donors (Lipinski definition) is 2. The third-order valence-electron chi connectivity index (χ3n) is 2.37. The Labute approximate surface area is 90.9 Å². The molecule has 0 saturated heterocycles. The van der Waals surface area contributed by atoms with Crippen LogP contribution in [0.15, 0.2) is 18.2 Å². The van der Waals surface area contributed by atoms with E-state index in [0.29, 0.717) is 10.7 Å². The maximum absolute atomic E-state index is 11.4. The molecule has 15 heavy (non-hydrogen) atoms. The number of fused-ring (bicyclic) bond motifs is 1. The van der Waals surface area contributed by atoms with Crippen LogP contribution in [0.25, 0.3) is 0 Å². The number of hydrogen-bond acceptors (Lipinski definition) is 2. The Morgan fingerprint density at radius 2 is 2.27 bits per heavy atom. The second-order valence-corrected chi connectivity index (χ2v) is 3.82. The zero-order valence-corrected chi connectivity index (χ0v) is 8.41. The molecule has 1 aliphatic rings. The molecule has 0 spiro atoms. The van der Waals surface area contributed by atoms with E-state index in [1.807, 2.05) is 0 Å². The Morgan fingerprint density at radius 1 is 1.53 bits per heavy atom. The number of benzene rings is 1. The van der Waals surface area contributed by atoms with Crippen LogP contribution in [0, 0.1) is 5.92 Å². The Bertz CT molecular complexity index is 444. The molecule has 1 atom stereocenters. The van der Waals surface area contributed by atoms with E-state index in [-0.39, 0.29) is 6.42 Å². The third-order valence-corrected chi connectivity index (χ3v) is 2.60. The van der Waals surface area contributed by atoms with E-state index in [4.69, 9.17) is 16.7 Å². The van der Waals surface area contributed by atoms with Gasteiger partial charge < -0.3 is 10.4 Å². The summed E-state index contributed by atoms with van der Waals surface area (Å²) in [5.41, 5.74) is 1.40. The molecule has 1 aromatic carbocycles. The average molecular weight is 226 g/mol. The lowest BCUT2D eigenvalue weighted by molar-refractivity contribution is -0.145. The van der Waals surface area contributed by atoms with Crippen molar-refractivity contribution in [2.45, 2.75) is 6.42 Å². The van der Waals surface area contributed by atoms with E-state index in [1.165, 1.54) is 0 Å². The Kier molecular flexibility index (Phi) is 2.36. The fraction of sp³-hybridized carbons (Fsp3) is 0.200. The quantitative estimate of drug-likeness (QED) is 0.713. The van der Waals surface area contributed by atoms with Crippen LogP contribution in [0.5, 0.6) is 0 Å². The van der Waals surface area contributed by atoms with Gasteiger partial charge in [-0.3, -0.25) is 9.59 Å². The first-order valence-corrected chi connectivity index (χ1v) is 4.78. The molecule has 1 heterocycles. The van der Waals surface area contributed by atoms with Crippen molar-refractivity contribution in [1.29, 1.82) is 0 Å². The number of anilines is 1. The highest BCUT2D eigenvalue weighted by Gasteiger charge is 2.31. The van der Waals surface area contributed by atoms with Gasteiger partial charge in [0.2, 0.25) is 5.91 Å². The van der Waals surface area contributed by atoms with Crippen molar-refractivity contribution in [3.8, 4) is 0 Å². The molecule has 0 aromatic heterocycles. The smallest absolute Gasteiger partial charge is 0.316 e. The lowest BCUT2D eigenvalue weighted by Crippen LogP contribution is -2.35. The maximum Gasteiger partial charge on any atom is 0.316 e. The van der Waals surface area contributed by atoms with Gasteiger partial charge >= 0.3 is 5.97 Å². The second-order valence-electron chi connectivity index (χ2n) is 3.39. The number of carboxylic acids is 1. The fourth-order valence-electron chi connectivity index (χ4n) is 1.57. The third kappa shape index (κ3) is 1.80. The van der Waals surface area contributed by atoms with Gasteiger partial charge in [-0.1, -0.05) is 17.7 Å². The highest BCUT2D eigenvalue weighted by molar-refractivity contribution is 6.31.